The van der Waals surface area contributed by atoms with Crippen LogP contribution in [0.2, 0.25) is 0 Å². The van der Waals surface area contributed by atoms with Gasteiger partial charge in [-0.1, -0.05) is 30.3 Å². The van der Waals surface area contributed by atoms with E-state index in [4.69, 9.17) is 5.84 Å². The van der Waals surface area contributed by atoms with E-state index in [-0.39, 0.29) is 17.1 Å². The molecular weight excluding hydrogens is 255 g/mol. The number of anilines is 1. The molecule has 0 radical (unpaired) electrons. The highest BCUT2D eigenvalue weighted by molar-refractivity contribution is 5.67. The lowest BCUT2D eigenvalue weighted by Gasteiger charge is -2.16. The van der Waals surface area contributed by atoms with Crippen LogP contribution in [0, 0.1) is 6.92 Å². The van der Waals surface area contributed by atoms with Crippen LogP contribution in [-0.4, -0.2) is 4.98 Å². The Labute approximate surface area is 108 Å². The monoisotopic (exact) mass is 267 g/mol. The van der Waals surface area contributed by atoms with Gasteiger partial charge in [-0.25, -0.2) is 10.8 Å². The number of aryl methyl sites for hydroxylation is 1. The summed E-state index contributed by atoms with van der Waals surface area (Å²) in [5, 5.41) is 0. The molecule has 0 saturated heterocycles. The van der Waals surface area contributed by atoms with Crippen LogP contribution in [0.3, 0.4) is 0 Å². The van der Waals surface area contributed by atoms with Gasteiger partial charge in [0.15, 0.2) is 0 Å². The number of aromatic nitrogens is 1. The summed E-state index contributed by atoms with van der Waals surface area (Å²) < 4.78 is 39.4. The number of hydrazine groups is 1. The van der Waals surface area contributed by atoms with Crippen LogP contribution in [0.15, 0.2) is 36.4 Å². The molecule has 0 amide bonds. The molecule has 0 aliphatic heterocycles. The number of alkyl halides is 3. The zero-order valence-electron chi connectivity index (χ0n) is 10.1. The van der Waals surface area contributed by atoms with Crippen LogP contribution in [-0.2, 0) is 6.18 Å². The van der Waals surface area contributed by atoms with Crippen molar-refractivity contribution in [2.75, 3.05) is 5.43 Å². The topological polar surface area (TPSA) is 50.9 Å². The lowest BCUT2D eigenvalue weighted by Crippen LogP contribution is -2.15. The Morgan fingerprint density at radius 2 is 1.79 bits per heavy atom. The zero-order valence-corrected chi connectivity index (χ0v) is 10.1. The number of nitrogens with one attached hydrogen (secondary N) is 1. The molecular formula is C13H12F3N3. The second kappa shape index (κ2) is 4.89. The normalized spacial score (nSPS) is 11.4. The highest BCUT2D eigenvalue weighted by Gasteiger charge is 2.36. The van der Waals surface area contributed by atoms with E-state index in [1.165, 1.54) is 13.0 Å². The van der Waals surface area contributed by atoms with E-state index in [2.05, 4.69) is 10.4 Å². The highest BCUT2D eigenvalue weighted by atomic mass is 19.4. The predicted octanol–water partition coefficient (Wildman–Crippen LogP) is 3.36. The Morgan fingerprint density at radius 1 is 1.16 bits per heavy atom. The Morgan fingerprint density at radius 3 is 2.32 bits per heavy atom. The van der Waals surface area contributed by atoms with E-state index in [9.17, 15) is 13.2 Å². The van der Waals surface area contributed by atoms with Crippen LogP contribution < -0.4 is 11.3 Å². The average molecular weight is 267 g/mol. The SMILES string of the molecule is Cc1cc(NN)nc(-c2ccccc2)c1C(F)(F)F. The highest BCUT2D eigenvalue weighted by Crippen LogP contribution is 2.39. The molecule has 3 nitrogen and oxygen atoms in total. The Balaban J connectivity index is 2.73. The first-order valence-corrected chi connectivity index (χ1v) is 5.54. The maximum absolute atomic E-state index is 13.1. The summed E-state index contributed by atoms with van der Waals surface area (Å²) in [4.78, 5) is 3.93. The molecule has 0 saturated carbocycles. The molecule has 2 rings (SSSR count). The van der Waals surface area contributed by atoms with Gasteiger partial charge in [0.05, 0.1) is 11.3 Å². The summed E-state index contributed by atoms with van der Waals surface area (Å²) in [6.45, 7) is 1.39. The summed E-state index contributed by atoms with van der Waals surface area (Å²) in [6.07, 6.45) is -4.46. The number of nitrogen functional groups attached to an aromatic ring is 1. The Bertz CT molecular complexity index is 580. The van der Waals surface area contributed by atoms with E-state index in [1.807, 2.05) is 0 Å². The van der Waals surface area contributed by atoms with Crippen molar-refractivity contribution >= 4 is 5.82 Å². The molecule has 3 N–H and O–H groups in total. The smallest absolute Gasteiger partial charge is 0.308 e. The summed E-state index contributed by atoms with van der Waals surface area (Å²) in [5.74, 6) is 5.43. The summed E-state index contributed by atoms with van der Waals surface area (Å²) >= 11 is 0. The number of nitrogens with two attached hydrogens (primary N) is 1. The Kier molecular flexibility index (Phi) is 3.44. The molecule has 1 aromatic heterocycles. The van der Waals surface area contributed by atoms with Crippen molar-refractivity contribution in [1.29, 1.82) is 0 Å². The van der Waals surface area contributed by atoms with Gasteiger partial charge in [-0.2, -0.15) is 13.2 Å². The number of pyridine rings is 1. The van der Waals surface area contributed by atoms with Gasteiger partial charge in [0.25, 0.3) is 0 Å². The van der Waals surface area contributed by atoms with Crippen molar-refractivity contribution in [2.45, 2.75) is 13.1 Å². The van der Waals surface area contributed by atoms with Gasteiger partial charge < -0.3 is 5.43 Å². The Hall–Kier alpha value is -2.08. The first-order chi connectivity index (χ1) is 8.93. The lowest BCUT2D eigenvalue weighted by molar-refractivity contribution is -0.137. The summed E-state index contributed by atoms with van der Waals surface area (Å²) in [5.41, 5.74) is 1.89. The molecule has 19 heavy (non-hydrogen) atoms. The van der Waals surface area contributed by atoms with Gasteiger partial charge >= 0.3 is 6.18 Å². The van der Waals surface area contributed by atoms with Crippen LogP contribution in [0.25, 0.3) is 11.3 Å². The van der Waals surface area contributed by atoms with E-state index in [0.717, 1.165) is 0 Å². The van der Waals surface area contributed by atoms with E-state index in [0.29, 0.717) is 5.56 Å². The standard InChI is InChI=1S/C13H12F3N3/c1-8-7-10(19-17)18-12(11(8)13(14,15)16)9-5-3-2-4-6-9/h2-7H,17H2,1H3,(H,18,19). The summed E-state index contributed by atoms with van der Waals surface area (Å²) in [6, 6.07) is 9.49. The number of hydrogen-bond acceptors (Lipinski definition) is 3. The van der Waals surface area contributed by atoms with Crippen molar-refractivity contribution in [1.82, 2.24) is 4.98 Å². The van der Waals surface area contributed by atoms with Gasteiger partial charge in [0.1, 0.15) is 5.82 Å². The molecule has 0 atom stereocenters. The fourth-order valence-corrected chi connectivity index (χ4v) is 1.91. The number of nitrogens with zero attached hydrogens (tertiary/aromatic N) is 1. The van der Waals surface area contributed by atoms with Crippen molar-refractivity contribution in [2.24, 2.45) is 5.84 Å². The number of halogens is 3. The van der Waals surface area contributed by atoms with E-state index < -0.39 is 11.7 Å². The first kappa shape index (κ1) is 13.4. The van der Waals surface area contributed by atoms with Gasteiger partial charge in [-0.3, -0.25) is 0 Å². The molecule has 1 heterocycles. The number of hydrogen-bond donors (Lipinski definition) is 2. The molecule has 100 valence electrons. The van der Waals surface area contributed by atoms with E-state index in [1.54, 1.807) is 30.3 Å². The molecule has 0 fully saturated rings. The van der Waals surface area contributed by atoms with Gasteiger partial charge in [0, 0.05) is 5.56 Å². The molecule has 0 spiro atoms. The second-order valence-corrected chi connectivity index (χ2v) is 4.06. The fourth-order valence-electron chi connectivity index (χ4n) is 1.91. The molecule has 2 aromatic rings. The number of rotatable bonds is 2. The third-order valence-corrected chi connectivity index (χ3v) is 2.70. The van der Waals surface area contributed by atoms with Gasteiger partial charge in [-0.15, -0.1) is 0 Å². The number of benzene rings is 1. The largest absolute Gasteiger partial charge is 0.418 e. The van der Waals surface area contributed by atoms with Crippen LogP contribution in [0.5, 0.6) is 0 Å². The maximum Gasteiger partial charge on any atom is 0.418 e. The van der Waals surface area contributed by atoms with Crippen LogP contribution in [0.4, 0.5) is 19.0 Å². The predicted molar refractivity (Wildman–Crippen MR) is 67.2 cm³/mol. The van der Waals surface area contributed by atoms with E-state index >= 15 is 0 Å². The average Bonchev–Trinajstić information content (AvgIpc) is 2.37. The van der Waals surface area contributed by atoms with Crippen molar-refractivity contribution < 1.29 is 13.2 Å². The second-order valence-electron chi connectivity index (χ2n) is 4.06. The third-order valence-electron chi connectivity index (χ3n) is 2.70. The minimum Gasteiger partial charge on any atom is -0.308 e. The van der Waals surface area contributed by atoms with Gasteiger partial charge in [0.2, 0.25) is 0 Å². The molecule has 0 unspecified atom stereocenters. The quantitative estimate of drug-likeness (QED) is 0.648. The molecule has 6 heteroatoms. The maximum atomic E-state index is 13.1. The van der Waals surface area contributed by atoms with Crippen molar-refractivity contribution in [3.05, 3.63) is 47.5 Å². The van der Waals surface area contributed by atoms with Crippen LogP contribution in [0.1, 0.15) is 11.1 Å². The summed E-state index contributed by atoms with van der Waals surface area (Å²) in [7, 11) is 0. The fraction of sp³-hybridized carbons (Fsp3) is 0.154. The minimum absolute atomic E-state index is 0.0781. The molecule has 0 aliphatic carbocycles. The minimum atomic E-state index is -4.46. The molecule has 0 bridgehead atoms. The van der Waals surface area contributed by atoms with Crippen molar-refractivity contribution in [3.8, 4) is 11.3 Å². The third kappa shape index (κ3) is 2.68. The van der Waals surface area contributed by atoms with Crippen molar-refractivity contribution in [3.63, 3.8) is 0 Å². The molecule has 1 aromatic carbocycles. The zero-order chi connectivity index (χ0) is 14.0. The van der Waals surface area contributed by atoms with Gasteiger partial charge in [-0.05, 0) is 18.6 Å². The van der Waals surface area contributed by atoms with Crippen LogP contribution >= 0.6 is 0 Å². The molecule has 0 aliphatic rings. The lowest BCUT2D eigenvalue weighted by atomic mass is 10.0. The first-order valence-electron chi connectivity index (χ1n) is 5.54.